The van der Waals surface area contributed by atoms with Crippen molar-refractivity contribution in [3.63, 3.8) is 0 Å². The first-order valence-corrected chi connectivity index (χ1v) is 27.4. The van der Waals surface area contributed by atoms with Crippen molar-refractivity contribution in [2.75, 3.05) is 48.7 Å². The number of carboxylic acid groups (broad SMARTS) is 2. The highest BCUT2D eigenvalue weighted by Gasteiger charge is 2.48. The summed E-state index contributed by atoms with van der Waals surface area (Å²) in [7, 11) is -0.158. The van der Waals surface area contributed by atoms with Crippen molar-refractivity contribution in [2.24, 2.45) is 5.92 Å². The molecule has 5 unspecified atom stereocenters. The molecule has 2 fully saturated rings. The number of ether oxygens (including phenoxy) is 6. The number of carboxylic acids is 2. The number of carbonyl (C=O) groups is 7. The van der Waals surface area contributed by atoms with Crippen LogP contribution in [0.1, 0.15) is 53.2 Å². The smallest absolute Gasteiger partial charge is 0.407 e. The molecule has 0 aliphatic carbocycles. The Morgan fingerprint density at radius 3 is 2.31 bits per heavy atom. The molecule has 4 aromatic rings. The van der Waals surface area contributed by atoms with Crippen molar-refractivity contribution < 1.29 is 92.6 Å². The number of thioether (sulfide) groups is 1. The van der Waals surface area contributed by atoms with E-state index in [0.717, 1.165) is 17.3 Å². The molecule has 0 radical (unpaired) electrons. The second-order valence-electron chi connectivity index (χ2n) is 18.6. The van der Waals surface area contributed by atoms with Gasteiger partial charge in [0.15, 0.2) is 23.7 Å². The Labute approximate surface area is 443 Å². The maximum Gasteiger partial charge on any atom is 0.407 e. The van der Waals surface area contributed by atoms with Crippen molar-refractivity contribution in [3.05, 3.63) is 74.6 Å². The first-order valence-electron chi connectivity index (χ1n) is 24.2. The molecule has 2 aromatic heterocycles. The highest BCUT2D eigenvalue weighted by atomic mass is 32.2. The van der Waals surface area contributed by atoms with Crippen molar-refractivity contribution >= 4 is 81.0 Å². The number of cyclic esters (lactones) is 1. The number of pyridine rings is 2. The van der Waals surface area contributed by atoms with E-state index in [0.29, 0.717) is 44.9 Å². The molecule has 10 N–H and O–H groups in total. The summed E-state index contributed by atoms with van der Waals surface area (Å²) in [5.41, 5.74) is 2.04. The zero-order valence-corrected chi connectivity index (χ0v) is 42.6. The summed E-state index contributed by atoms with van der Waals surface area (Å²) in [5, 5.41) is 72.1. The van der Waals surface area contributed by atoms with Gasteiger partial charge in [-0.3, -0.25) is 34.9 Å². The summed E-state index contributed by atoms with van der Waals surface area (Å²) < 4.78 is 34.3. The Bertz CT molecular complexity index is 3100. The van der Waals surface area contributed by atoms with E-state index in [-0.39, 0.29) is 103 Å². The largest absolute Gasteiger partial charge is 0.481 e. The van der Waals surface area contributed by atoms with E-state index in [1.165, 1.54) is 40.6 Å². The van der Waals surface area contributed by atoms with E-state index in [9.17, 15) is 69.0 Å². The molecule has 2 aromatic carbocycles. The average molecular weight is 1110 g/mol. The molecule has 28 heteroatoms. The number of esters is 1. The van der Waals surface area contributed by atoms with Gasteiger partial charge >= 0.3 is 24.0 Å². The van der Waals surface area contributed by atoms with Crippen LogP contribution < -0.4 is 41.0 Å². The minimum Gasteiger partial charge on any atom is -0.481 e. The van der Waals surface area contributed by atoms with E-state index >= 15 is 0 Å². The summed E-state index contributed by atoms with van der Waals surface area (Å²) in [5.74, 6) is -2.61. The molecule has 5 aliphatic rings. The third-order valence-corrected chi connectivity index (χ3v) is 16.9. The van der Waals surface area contributed by atoms with E-state index < -0.39 is 96.6 Å². The van der Waals surface area contributed by atoms with Crippen LogP contribution in [0.2, 0.25) is 0 Å². The Hall–Kier alpha value is -7.21. The maximum atomic E-state index is 13.7. The molecule has 2 saturated heterocycles. The number of anilines is 1. The number of hydrogen-bond acceptors (Lipinski definition) is 20. The molecular weight excluding hydrogens is 1060 g/mol. The first kappa shape index (κ1) is 54.6. The van der Waals surface area contributed by atoms with Gasteiger partial charge in [-0.25, -0.2) is 19.4 Å². The molecular formula is C49H54N6O20S2. The molecule has 4 amide bonds. The van der Waals surface area contributed by atoms with Gasteiger partial charge in [-0.05, 0) is 58.9 Å². The fourth-order valence-corrected chi connectivity index (χ4v) is 12.7. The van der Waals surface area contributed by atoms with Gasteiger partial charge in [0.2, 0.25) is 30.8 Å². The van der Waals surface area contributed by atoms with Crippen LogP contribution in [0.5, 0.6) is 17.2 Å². The van der Waals surface area contributed by atoms with Gasteiger partial charge in [0.25, 0.3) is 5.56 Å². The number of amides is 4. The van der Waals surface area contributed by atoms with Crippen molar-refractivity contribution in [1.82, 2.24) is 25.5 Å². The van der Waals surface area contributed by atoms with Crippen LogP contribution in [0, 0.1) is 5.92 Å². The maximum absolute atomic E-state index is 13.7. The van der Waals surface area contributed by atoms with Gasteiger partial charge in [-0.15, -0.1) is 0 Å². The van der Waals surface area contributed by atoms with Crippen LogP contribution in [0.15, 0.2) is 41.2 Å². The number of carbonyl (C=O) groups excluding carboxylic acids is 5. The number of aromatic nitrogens is 2. The minimum atomic E-state index is -2.02. The number of benzene rings is 2. The number of alkyl carbamates (subject to hydrolysis) is 1. The van der Waals surface area contributed by atoms with Crippen LogP contribution in [-0.4, -0.2) is 161 Å². The average Bonchev–Trinajstić information content (AvgIpc) is 4.00. The van der Waals surface area contributed by atoms with Crippen molar-refractivity contribution in [1.29, 1.82) is 0 Å². The fourth-order valence-electron chi connectivity index (χ4n) is 9.26. The number of nitrogens with one attached hydrogen (secondary N) is 4. The highest BCUT2D eigenvalue weighted by molar-refractivity contribution is 8.23. The fraction of sp³-hybridized carbons (Fsp3) is 0.449. The van der Waals surface area contributed by atoms with Gasteiger partial charge in [0.1, 0.15) is 37.3 Å². The number of rotatable bonds is 21. The Kier molecular flexibility index (Phi) is 16.4. The third kappa shape index (κ3) is 12.0. The number of fused-ring (bicyclic) bond motifs is 6. The summed E-state index contributed by atoms with van der Waals surface area (Å²) in [6.07, 6.45) is -11.4. The predicted molar refractivity (Wildman–Crippen MR) is 270 cm³/mol. The van der Waals surface area contributed by atoms with Crippen molar-refractivity contribution in [2.45, 2.75) is 87.6 Å². The van der Waals surface area contributed by atoms with E-state index in [2.05, 4.69) is 21.3 Å². The highest BCUT2D eigenvalue weighted by Crippen LogP contribution is 2.45. The Morgan fingerprint density at radius 2 is 1.60 bits per heavy atom. The molecule has 412 valence electrons. The monoisotopic (exact) mass is 1110 g/mol. The lowest BCUT2D eigenvalue weighted by molar-refractivity contribution is -0.271. The number of thiol groups is 1. The molecule has 77 heavy (non-hydrogen) atoms. The molecule has 0 bridgehead atoms. The molecule has 0 saturated carbocycles. The van der Waals surface area contributed by atoms with Crippen LogP contribution >= 0.6 is 22.7 Å². The number of aliphatic hydroxyl groups is 4. The molecule has 0 spiro atoms. The van der Waals surface area contributed by atoms with Gasteiger partial charge in [-0.1, -0.05) is 6.07 Å². The van der Waals surface area contributed by atoms with E-state index in [4.69, 9.17) is 33.4 Å². The Morgan fingerprint density at radius 1 is 0.870 bits per heavy atom. The normalized spacial score (nSPS) is 21.8. The second-order valence-corrected chi connectivity index (χ2v) is 22.3. The summed E-state index contributed by atoms with van der Waals surface area (Å²) in [6.45, 7) is -1.22. The lowest BCUT2D eigenvalue weighted by atomic mass is 9.98. The van der Waals surface area contributed by atoms with Gasteiger partial charge in [0.05, 0.1) is 40.6 Å². The molecule has 9 rings (SSSR count). The first-order chi connectivity index (χ1) is 36.9. The van der Waals surface area contributed by atoms with E-state index in [1.807, 2.05) is 6.26 Å². The van der Waals surface area contributed by atoms with E-state index in [1.54, 1.807) is 12.1 Å². The number of aliphatic carboxylic acids is 2. The summed E-state index contributed by atoms with van der Waals surface area (Å²) >= 11 is 1.43. The zero-order chi connectivity index (χ0) is 54.8. The van der Waals surface area contributed by atoms with Crippen LogP contribution in [0.25, 0.3) is 22.3 Å². The van der Waals surface area contributed by atoms with Crippen LogP contribution in [0.3, 0.4) is 0 Å². The molecule has 8 atom stereocenters. The topological polar surface area (TPSA) is 379 Å². The number of hydrogen-bond donors (Lipinski definition) is 11. The molecule has 26 nitrogen and oxygen atoms in total. The van der Waals surface area contributed by atoms with Gasteiger partial charge < -0.3 is 84.9 Å². The second kappa shape index (κ2) is 23.2. The minimum absolute atomic E-state index is 0.0101. The third-order valence-electron chi connectivity index (χ3n) is 13.5. The Balaban J connectivity index is 0.854. The predicted octanol–water partition coefficient (Wildman–Crippen LogP) is -0.270. The van der Waals surface area contributed by atoms with Crippen LogP contribution in [-0.2, 0) is 69.3 Å². The standard InChI is InChI=1S/C49H54N6O20S2/c1-76-34(19-77-8-9-77)24(45(64)65)13-37(58)51-6-4-35(56)50-7-5-36(57)53-29-10-21(2-3-31(29)74-48-42(62)40(60)41(61)43(75-48)46(66)67)17-71-49(69)52-15-25-22-12-32-33(73-20-72-32)14-28(22)54-38-26(25)16-55-30(38)11-23-27(44(55)63)18-70-47(68)39(23)59/h2-3,10-12,14,24,34,39-43,48,59-62,77H,4-9,13,15-20H2,1H3,(H,50,56)(H,51,58)(H,52,69)(H,53,57)(H,64,65)(H,66,67)/t24?,34?,39-,40?,41-,42?,43?,48+/m0/s1. The quantitative estimate of drug-likeness (QED) is 0.0256. The lowest BCUT2D eigenvalue weighted by Crippen LogP contribution is -2.61. The van der Waals surface area contributed by atoms with Crippen LogP contribution in [0.4, 0.5) is 10.5 Å². The summed E-state index contributed by atoms with van der Waals surface area (Å²) in [4.78, 5) is 107. The van der Waals surface area contributed by atoms with Gasteiger partial charge in [-0.2, -0.15) is 11.8 Å². The SMILES string of the molecule is CSC(C[SH]1CC1)C(CC(=O)NCCC(=O)NCCC(=O)Nc1cc(COC(=O)NCc2c3c(nc4cc5c(cc24)OCO5)-c2cc4c(c(=O)n2C3)COC(=O)[C@H]4O)ccc1O[C@@H]1OC(C(=O)O)[C@@H](O)C(O)C1O)C(=O)O. The summed E-state index contributed by atoms with van der Waals surface area (Å²) in [6, 6.07) is 8.86. The molecule has 5 aliphatic heterocycles. The van der Waals surface area contributed by atoms with Crippen molar-refractivity contribution in [3.8, 4) is 28.6 Å². The lowest BCUT2D eigenvalue weighted by Gasteiger charge is -2.38. The zero-order valence-electron chi connectivity index (χ0n) is 40.9. The number of aliphatic hydroxyl groups excluding tert-OH is 4. The van der Waals surface area contributed by atoms with Gasteiger partial charge in [0, 0.05) is 66.7 Å². The number of nitrogens with zero attached hydrogens (tertiary/aromatic N) is 2. The molecule has 7 heterocycles.